The molecule has 0 saturated carbocycles. The van der Waals surface area contributed by atoms with Gasteiger partial charge in [-0.15, -0.1) is 0 Å². The first-order valence-electron chi connectivity index (χ1n) is 6.67. The first-order valence-corrected chi connectivity index (χ1v) is 6.67. The van der Waals surface area contributed by atoms with Crippen LogP contribution in [-0.2, 0) is 0 Å². The fourth-order valence-corrected chi connectivity index (χ4v) is 2.84. The Labute approximate surface area is 116 Å². The second-order valence-electron chi connectivity index (χ2n) is 5.12. The normalized spacial score (nSPS) is 18.6. The van der Waals surface area contributed by atoms with Crippen molar-refractivity contribution in [3.63, 3.8) is 0 Å². The smallest absolute Gasteiger partial charge is 0.278 e. The third-order valence-electron chi connectivity index (χ3n) is 3.93. The predicted molar refractivity (Wildman–Crippen MR) is 77.8 cm³/mol. The molecule has 1 fully saturated rings. The van der Waals surface area contributed by atoms with Crippen molar-refractivity contribution in [2.75, 3.05) is 24.5 Å². The van der Waals surface area contributed by atoms with Crippen LogP contribution in [0.3, 0.4) is 0 Å². The highest BCUT2D eigenvalue weighted by Gasteiger charge is 2.24. The van der Waals surface area contributed by atoms with E-state index in [1.54, 1.807) is 18.5 Å². The number of aromatic nitrogens is 1. The van der Waals surface area contributed by atoms with Gasteiger partial charge in [-0.2, -0.15) is 0 Å². The molecule has 0 amide bonds. The Morgan fingerprint density at radius 2 is 2.25 bits per heavy atom. The van der Waals surface area contributed by atoms with Crippen LogP contribution < -0.4 is 10.6 Å². The van der Waals surface area contributed by atoms with Gasteiger partial charge in [0.15, 0.2) is 0 Å². The van der Waals surface area contributed by atoms with Crippen LogP contribution in [0.15, 0.2) is 30.6 Å². The molecule has 0 bridgehead atoms. The fourth-order valence-electron chi connectivity index (χ4n) is 2.84. The van der Waals surface area contributed by atoms with E-state index in [-0.39, 0.29) is 10.6 Å². The molecule has 1 aliphatic rings. The number of hydrogen-bond donors (Lipinski definition) is 1. The van der Waals surface area contributed by atoms with Crippen molar-refractivity contribution in [3.05, 3.63) is 40.7 Å². The van der Waals surface area contributed by atoms with E-state index in [0.29, 0.717) is 17.8 Å². The second kappa shape index (κ2) is 5.05. The van der Waals surface area contributed by atoms with E-state index in [2.05, 4.69) is 9.88 Å². The number of pyridine rings is 1. The molecule has 1 aromatic heterocycles. The maximum Gasteiger partial charge on any atom is 0.278 e. The van der Waals surface area contributed by atoms with E-state index < -0.39 is 0 Å². The van der Waals surface area contributed by atoms with E-state index in [0.717, 1.165) is 30.6 Å². The summed E-state index contributed by atoms with van der Waals surface area (Å²) in [6, 6.07) is 5.24. The Morgan fingerprint density at radius 1 is 1.40 bits per heavy atom. The molecule has 1 atom stereocenters. The summed E-state index contributed by atoms with van der Waals surface area (Å²) in [5.41, 5.74) is 6.86. The standard InChI is InChI=1S/C14H16N4O2/c15-7-10-4-6-17(9-10)13-1-2-14(18(19)20)12-8-16-5-3-11(12)13/h1-3,5,8,10H,4,6-7,9,15H2. The average Bonchev–Trinajstić information content (AvgIpc) is 2.94. The highest BCUT2D eigenvalue weighted by molar-refractivity contribution is 5.99. The van der Waals surface area contributed by atoms with E-state index >= 15 is 0 Å². The number of benzene rings is 1. The van der Waals surface area contributed by atoms with Crippen LogP contribution in [0.25, 0.3) is 10.8 Å². The van der Waals surface area contributed by atoms with Crippen molar-refractivity contribution in [2.24, 2.45) is 11.7 Å². The first-order chi connectivity index (χ1) is 9.70. The number of anilines is 1. The lowest BCUT2D eigenvalue weighted by molar-refractivity contribution is -0.383. The molecule has 1 unspecified atom stereocenters. The van der Waals surface area contributed by atoms with E-state index in [1.807, 2.05) is 12.1 Å². The fraction of sp³-hybridized carbons (Fsp3) is 0.357. The minimum absolute atomic E-state index is 0.103. The van der Waals surface area contributed by atoms with Gasteiger partial charge < -0.3 is 10.6 Å². The van der Waals surface area contributed by atoms with Crippen molar-refractivity contribution in [3.8, 4) is 0 Å². The van der Waals surface area contributed by atoms with Gasteiger partial charge in [0.25, 0.3) is 5.69 Å². The number of nitro groups is 1. The monoisotopic (exact) mass is 272 g/mol. The largest absolute Gasteiger partial charge is 0.371 e. The first kappa shape index (κ1) is 12.8. The molecule has 1 aromatic carbocycles. The Bertz CT molecular complexity index is 659. The van der Waals surface area contributed by atoms with Gasteiger partial charge in [0.1, 0.15) is 0 Å². The summed E-state index contributed by atoms with van der Waals surface area (Å²) in [5.74, 6) is 0.502. The van der Waals surface area contributed by atoms with Crippen LogP contribution in [0, 0.1) is 16.0 Å². The molecule has 104 valence electrons. The highest BCUT2D eigenvalue weighted by Crippen LogP contribution is 2.35. The maximum atomic E-state index is 11.1. The van der Waals surface area contributed by atoms with Crippen molar-refractivity contribution < 1.29 is 4.92 Å². The van der Waals surface area contributed by atoms with Gasteiger partial charge in [0.2, 0.25) is 0 Å². The van der Waals surface area contributed by atoms with Gasteiger partial charge in [-0.1, -0.05) is 0 Å². The molecule has 20 heavy (non-hydrogen) atoms. The minimum atomic E-state index is -0.361. The van der Waals surface area contributed by atoms with Crippen LogP contribution in [0.4, 0.5) is 11.4 Å². The van der Waals surface area contributed by atoms with Crippen molar-refractivity contribution in [1.29, 1.82) is 0 Å². The third kappa shape index (κ3) is 2.08. The topological polar surface area (TPSA) is 85.3 Å². The number of fused-ring (bicyclic) bond motifs is 1. The zero-order chi connectivity index (χ0) is 14.1. The molecule has 0 aliphatic carbocycles. The van der Waals surface area contributed by atoms with Crippen LogP contribution in [0.5, 0.6) is 0 Å². The molecule has 1 aliphatic heterocycles. The van der Waals surface area contributed by atoms with Crippen LogP contribution in [0.1, 0.15) is 6.42 Å². The number of non-ortho nitro benzene ring substituents is 1. The summed E-state index contributed by atoms with van der Waals surface area (Å²) in [6.07, 6.45) is 4.31. The molecule has 1 saturated heterocycles. The molecule has 2 heterocycles. The molecule has 0 spiro atoms. The van der Waals surface area contributed by atoms with Crippen molar-refractivity contribution >= 4 is 22.1 Å². The van der Waals surface area contributed by atoms with E-state index in [4.69, 9.17) is 5.73 Å². The number of nitrogens with two attached hydrogens (primary N) is 1. The number of nitro benzene ring substituents is 1. The van der Waals surface area contributed by atoms with Gasteiger partial charge >= 0.3 is 0 Å². The minimum Gasteiger partial charge on any atom is -0.371 e. The lowest BCUT2D eigenvalue weighted by Gasteiger charge is -2.20. The quantitative estimate of drug-likeness (QED) is 0.681. The van der Waals surface area contributed by atoms with Gasteiger partial charge in [0.05, 0.1) is 10.3 Å². The summed E-state index contributed by atoms with van der Waals surface area (Å²) < 4.78 is 0. The molecule has 3 rings (SSSR count). The Hall–Kier alpha value is -2.21. The number of nitrogens with zero attached hydrogens (tertiary/aromatic N) is 3. The number of rotatable bonds is 3. The summed E-state index contributed by atoms with van der Waals surface area (Å²) in [5, 5.41) is 12.6. The zero-order valence-corrected chi connectivity index (χ0v) is 11.0. The van der Waals surface area contributed by atoms with Crippen LogP contribution >= 0.6 is 0 Å². The highest BCUT2D eigenvalue weighted by atomic mass is 16.6. The molecule has 6 heteroatoms. The zero-order valence-electron chi connectivity index (χ0n) is 11.0. The Morgan fingerprint density at radius 3 is 2.95 bits per heavy atom. The Balaban J connectivity index is 2.09. The molecular formula is C14H16N4O2. The lowest BCUT2D eigenvalue weighted by atomic mass is 10.1. The maximum absolute atomic E-state index is 11.1. The lowest BCUT2D eigenvalue weighted by Crippen LogP contribution is -2.22. The SMILES string of the molecule is NCC1CCN(c2ccc([N+](=O)[O-])c3cnccc23)C1. The number of hydrogen-bond acceptors (Lipinski definition) is 5. The molecule has 2 N–H and O–H groups in total. The molecule has 6 nitrogen and oxygen atoms in total. The molecular weight excluding hydrogens is 256 g/mol. The van der Waals surface area contributed by atoms with Crippen LogP contribution in [-0.4, -0.2) is 29.5 Å². The summed E-state index contributed by atoms with van der Waals surface area (Å²) in [6.45, 7) is 2.53. The molecule has 2 aromatic rings. The predicted octanol–water partition coefficient (Wildman–Crippen LogP) is 1.93. The van der Waals surface area contributed by atoms with Crippen LogP contribution in [0.2, 0.25) is 0 Å². The van der Waals surface area contributed by atoms with Gasteiger partial charge in [0, 0.05) is 42.6 Å². The second-order valence-corrected chi connectivity index (χ2v) is 5.12. The van der Waals surface area contributed by atoms with Gasteiger partial charge in [-0.25, -0.2) is 0 Å². The summed E-state index contributed by atoms with van der Waals surface area (Å²) in [4.78, 5) is 17.0. The van der Waals surface area contributed by atoms with Crippen molar-refractivity contribution in [2.45, 2.75) is 6.42 Å². The Kier molecular flexibility index (Phi) is 3.23. The third-order valence-corrected chi connectivity index (χ3v) is 3.93. The summed E-state index contributed by atoms with van der Waals surface area (Å²) >= 11 is 0. The van der Waals surface area contributed by atoms with Gasteiger partial charge in [-0.05, 0) is 31.0 Å². The van der Waals surface area contributed by atoms with E-state index in [9.17, 15) is 10.1 Å². The van der Waals surface area contributed by atoms with Gasteiger partial charge in [-0.3, -0.25) is 15.1 Å². The van der Waals surface area contributed by atoms with Crippen molar-refractivity contribution in [1.82, 2.24) is 4.98 Å². The summed E-state index contributed by atoms with van der Waals surface area (Å²) in [7, 11) is 0. The molecule has 0 radical (unpaired) electrons. The average molecular weight is 272 g/mol. The van der Waals surface area contributed by atoms with E-state index in [1.165, 1.54) is 0 Å².